The van der Waals surface area contributed by atoms with Gasteiger partial charge in [0.15, 0.2) is 0 Å². The lowest BCUT2D eigenvalue weighted by molar-refractivity contribution is 0.0854. The Morgan fingerprint density at radius 3 is 2.60 bits per heavy atom. The molecule has 1 N–H and O–H groups in total. The van der Waals surface area contributed by atoms with Gasteiger partial charge in [-0.15, -0.1) is 10.2 Å². The van der Waals surface area contributed by atoms with E-state index in [9.17, 15) is 5.11 Å². The van der Waals surface area contributed by atoms with Crippen LogP contribution in [0.1, 0.15) is 36.0 Å². The van der Waals surface area contributed by atoms with Gasteiger partial charge in [0.2, 0.25) is 0 Å². The van der Waals surface area contributed by atoms with Crippen molar-refractivity contribution in [3.8, 4) is 0 Å². The molecule has 0 saturated carbocycles. The van der Waals surface area contributed by atoms with E-state index in [0.717, 1.165) is 18.2 Å². The molecule has 6 nitrogen and oxygen atoms in total. The lowest BCUT2D eigenvalue weighted by atomic mass is 10.2. The highest BCUT2D eigenvalue weighted by Crippen LogP contribution is 2.18. The van der Waals surface area contributed by atoms with Gasteiger partial charge in [-0.05, 0) is 31.5 Å². The summed E-state index contributed by atoms with van der Waals surface area (Å²) in [5.41, 5.74) is 1.19. The predicted molar refractivity (Wildman–Crippen MR) is 94.7 cm³/mol. The summed E-state index contributed by atoms with van der Waals surface area (Å²) < 4.78 is 7.43. The number of aryl methyl sites for hydroxylation is 1. The number of aliphatic hydroxyl groups excluding tert-OH is 1. The van der Waals surface area contributed by atoms with Crippen molar-refractivity contribution >= 4 is 0 Å². The highest BCUT2D eigenvalue weighted by molar-refractivity contribution is 5.15. The second kappa shape index (κ2) is 8.09. The molecule has 0 saturated heterocycles. The molecule has 1 unspecified atom stereocenters. The molecule has 25 heavy (non-hydrogen) atoms. The number of hydrogen-bond donors (Lipinski definition) is 1. The molecule has 0 fully saturated rings. The van der Waals surface area contributed by atoms with E-state index in [-0.39, 0.29) is 0 Å². The molecule has 132 valence electrons. The number of hydrogen-bond acceptors (Lipinski definition) is 5. The first-order chi connectivity index (χ1) is 12.2. The number of nitrogens with zero attached hydrogens (tertiary/aromatic N) is 4. The molecule has 0 radical (unpaired) electrons. The van der Waals surface area contributed by atoms with Crippen molar-refractivity contribution in [1.29, 1.82) is 0 Å². The molecule has 2 heterocycles. The molecule has 1 atom stereocenters. The van der Waals surface area contributed by atoms with Gasteiger partial charge in [-0.25, -0.2) is 0 Å². The fourth-order valence-corrected chi connectivity index (χ4v) is 3.00. The first-order valence-corrected chi connectivity index (χ1v) is 8.53. The molecule has 0 aliphatic carbocycles. The molecular weight excluding hydrogens is 316 g/mol. The van der Waals surface area contributed by atoms with Gasteiger partial charge in [-0.3, -0.25) is 4.90 Å². The molecule has 0 amide bonds. The monoisotopic (exact) mass is 340 g/mol. The second-order valence-corrected chi connectivity index (χ2v) is 6.09. The van der Waals surface area contributed by atoms with Crippen LogP contribution in [0, 0.1) is 6.92 Å². The Balaban J connectivity index is 1.78. The van der Waals surface area contributed by atoms with Crippen molar-refractivity contribution in [3.63, 3.8) is 0 Å². The normalized spacial score (nSPS) is 12.6. The number of aromatic nitrogens is 3. The van der Waals surface area contributed by atoms with Gasteiger partial charge in [-0.1, -0.05) is 30.3 Å². The first-order valence-electron chi connectivity index (χ1n) is 8.53. The molecule has 6 heteroatoms. The van der Waals surface area contributed by atoms with Crippen molar-refractivity contribution in [1.82, 2.24) is 19.7 Å². The average Bonchev–Trinajstić information content (AvgIpc) is 3.26. The zero-order valence-electron chi connectivity index (χ0n) is 14.7. The fourth-order valence-electron chi connectivity index (χ4n) is 3.00. The third-order valence-corrected chi connectivity index (χ3v) is 4.25. The Hall–Kier alpha value is -2.44. The van der Waals surface area contributed by atoms with Crippen LogP contribution in [0.2, 0.25) is 0 Å². The number of aliphatic hydroxyl groups is 1. The SMILES string of the molecule is CCn1c(C)nnc1CN(Cc1ccccc1)CC(O)c1ccco1. The number of furan rings is 1. The van der Waals surface area contributed by atoms with Crippen molar-refractivity contribution < 1.29 is 9.52 Å². The summed E-state index contributed by atoms with van der Waals surface area (Å²) in [5.74, 6) is 2.39. The van der Waals surface area contributed by atoms with Gasteiger partial charge in [0.25, 0.3) is 0 Å². The Kier molecular flexibility index (Phi) is 5.63. The Morgan fingerprint density at radius 2 is 1.92 bits per heavy atom. The van der Waals surface area contributed by atoms with Crippen LogP contribution in [0.25, 0.3) is 0 Å². The minimum atomic E-state index is -0.683. The third kappa shape index (κ3) is 4.35. The first kappa shape index (κ1) is 17.4. The van der Waals surface area contributed by atoms with Crippen LogP contribution in [0.3, 0.4) is 0 Å². The summed E-state index contributed by atoms with van der Waals surface area (Å²) in [6.07, 6.45) is 0.898. The van der Waals surface area contributed by atoms with Crippen LogP contribution in [-0.4, -0.2) is 31.3 Å². The van der Waals surface area contributed by atoms with Crippen LogP contribution in [0.15, 0.2) is 53.1 Å². The highest BCUT2D eigenvalue weighted by atomic mass is 16.4. The lowest BCUT2D eigenvalue weighted by Crippen LogP contribution is -2.29. The molecule has 0 aliphatic rings. The standard InChI is InChI=1S/C19H24N4O2/c1-3-23-15(2)20-21-19(23)14-22(12-16-8-5-4-6-9-16)13-17(24)18-10-7-11-25-18/h4-11,17,24H,3,12-14H2,1-2H3. The summed E-state index contributed by atoms with van der Waals surface area (Å²) >= 11 is 0. The summed E-state index contributed by atoms with van der Waals surface area (Å²) in [4.78, 5) is 2.16. The van der Waals surface area contributed by atoms with Crippen LogP contribution in [-0.2, 0) is 19.6 Å². The van der Waals surface area contributed by atoms with E-state index in [4.69, 9.17) is 4.42 Å². The topological polar surface area (TPSA) is 67.3 Å². The molecule has 0 bridgehead atoms. The minimum absolute atomic E-state index is 0.456. The summed E-state index contributed by atoms with van der Waals surface area (Å²) in [6.45, 7) is 6.65. The molecule has 3 rings (SSSR count). The van der Waals surface area contributed by atoms with Gasteiger partial charge >= 0.3 is 0 Å². The Morgan fingerprint density at radius 1 is 1.12 bits per heavy atom. The summed E-state index contributed by atoms with van der Waals surface area (Å²) in [6, 6.07) is 13.8. The zero-order valence-corrected chi connectivity index (χ0v) is 14.7. The molecular formula is C19H24N4O2. The minimum Gasteiger partial charge on any atom is -0.467 e. The third-order valence-electron chi connectivity index (χ3n) is 4.25. The zero-order chi connectivity index (χ0) is 17.6. The maximum absolute atomic E-state index is 10.5. The van der Waals surface area contributed by atoms with Gasteiger partial charge in [0, 0.05) is 19.6 Å². The van der Waals surface area contributed by atoms with Gasteiger partial charge in [0.05, 0.1) is 12.8 Å². The van der Waals surface area contributed by atoms with Crippen molar-refractivity contribution in [2.45, 2.75) is 39.6 Å². The average molecular weight is 340 g/mol. The van der Waals surface area contributed by atoms with Crippen LogP contribution in [0.5, 0.6) is 0 Å². The van der Waals surface area contributed by atoms with Gasteiger partial charge < -0.3 is 14.1 Å². The van der Waals surface area contributed by atoms with E-state index in [1.165, 1.54) is 5.56 Å². The van der Waals surface area contributed by atoms with Gasteiger partial charge in [0.1, 0.15) is 23.5 Å². The summed E-state index contributed by atoms with van der Waals surface area (Å²) in [5, 5.41) is 19.0. The maximum Gasteiger partial charge on any atom is 0.147 e. The molecule has 1 aromatic carbocycles. The quantitative estimate of drug-likeness (QED) is 0.683. The van der Waals surface area contributed by atoms with Gasteiger partial charge in [-0.2, -0.15) is 0 Å². The fraction of sp³-hybridized carbons (Fsp3) is 0.368. The van der Waals surface area contributed by atoms with Crippen LogP contribution >= 0.6 is 0 Å². The van der Waals surface area contributed by atoms with E-state index in [0.29, 0.717) is 25.4 Å². The lowest BCUT2D eigenvalue weighted by Gasteiger charge is -2.24. The second-order valence-electron chi connectivity index (χ2n) is 6.09. The van der Waals surface area contributed by atoms with Crippen molar-refractivity contribution in [2.24, 2.45) is 0 Å². The van der Waals surface area contributed by atoms with E-state index in [1.807, 2.05) is 25.1 Å². The smallest absolute Gasteiger partial charge is 0.147 e. The molecule has 0 aliphatic heterocycles. The number of rotatable bonds is 8. The van der Waals surface area contributed by atoms with Crippen molar-refractivity contribution in [2.75, 3.05) is 6.54 Å². The predicted octanol–water partition coefficient (Wildman–Crippen LogP) is 2.94. The van der Waals surface area contributed by atoms with Crippen molar-refractivity contribution in [3.05, 3.63) is 71.7 Å². The van der Waals surface area contributed by atoms with E-state index < -0.39 is 6.10 Å². The molecule has 3 aromatic rings. The molecule has 0 spiro atoms. The molecule has 2 aromatic heterocycles. The van der Waals surface area contributed by atoms with Crippen LogP contribution < -0.4 is 0 Å². The number of benzene rings is 1. The Labute approximate surface area is 147 Å². The highest BCUT2D eigenvalue weighted by Gasteiger charge is 2.19. The summed E-state index contributed by atoms with van der Waals surface area (Å²) in [7, 11) is 0. The van der Waals surface area contributed by atoms with E-state index >= 15 is 0 Å². The van der Waals surface area contributed by atoms with Crippen LogP contribution in [0.4, 0.5) is 0 Å². The van der Waals surface area contributed by atoms with E-state index in [1.54, 1.807) is 18.4 Å². The maximum atomic E-state index is 10.5. The Bertz CT molecular complexity index is 768. The largest absolute Gasteiger partial charge is 0.467 e. The van der Waals surface area contributed by atoms with E-state index in [2.05, 4.69) is 38.7 Å².